The van der Waals surface area contributed by atoms with Gasteiger partial charge in [-0.3, -0.25) is 0 Å². The molecule has 0 unspecified atom stereocenters. The normalized spacial score (nSPS) is 10.4. The van der Waals surface area contributed by atoms with Crippen molar-refractivity contribution in [3.8, 4) is 5.69 Å². The van der Waals surface area contributed by atoms with Crippen LogP contribution in [0.4, 0.5) is 0 Å². The summed E-state index contributed by atoms with van der Waals surface area (Å²) in [5, 5.41) is 0. The minimum Gasteiger partial charge on any atom is -0.325 e. The Morgan fingerprint density at radius 2 is 2.29 bits per heavy atom. The van der Waals surface area contributed by atoms with Crippen LogP contribution in [0.2, 0.25) is 0 Å². The topological polar surface area (TPSA) is 43.8 Å². The summed E-state index contributed by atoms with van der Waals surface area (Å²) in [7, 11) is 0. The van der Waals surface area contributed by atoms with Gasteiger partial charge in [0.2, 0.25) is 0 Å². The van der Waals surface area contributed by atoms with Crippen LogP contribution in [0.25, 0.3) is 5.69 Å². The monoisotopic (exact) mass is 299 g/mol. The van der Waals surface area contributed by atoms with E-state index < -0.39 is 0 Å². The number of nitrogens with two attached hydrogens (primary N) is 1. The summed E-state index contributed by atoms with van der Waals surface area (Å²) in [4.78, 5) is 4.08. The molecule has 0 fully saturated rings. The van der Waals surface area contributed by atoms with Crippen LogP contribution in [0.3, 0.4) is 0 Å². The molecule has 3 nitrogen and oxygen atoms in total. The molecular weight excluding hydrogens is 289 g/mol. The van der Waals surface area contributed by atoms with E-state index in [9.17, 15) is 0 Å². The highest BCUT2D eigenvalue weighted by molar-refractivity contribution is 14.1. The number of imidazole rings is 1. The van der Waals surface area contributed by atoms with Crippen molar-refractivity contribution in [3.63, 3.8) is 0 Å². The lowest BCUT2D eigenvalue weighted by atomic mass is 10.3. The minimum absolute atomic E-state index is 0.505. The molecular formula is C10H10IN3. The lowest BCUT2D eigenvalue weighted by molar-refractivity contribution is 0.909. The highest BCUT2D eigenvalue weighted by Crippen LogP contribution is 2.14. The molecule has 0 aliphatic heterocycles. The van der Waals surface area contributed by atoms with E-state index in [-0.39, 0.29) is 0 Å². The molecule has 0 atom stereocenters. The van der Waals surface area contributed by atoms with Crippen molar-refractivity contribution in [2.24, 2.45) is 5.73 Å². The first-order valence-electron chi connectivity index (χ1n) is 4.28. The molecule has 0 aliphatic rings. The van der Waals surface area contributed by atoms with Gasteiger partial charge in [0.25, 0.3) is 0 Å². The third kappa shape index (κ3) is 1.80. The quantitative estimate of drug-likeness (QED) is 0.861. The van der Waals surface area contributed by atoms with Crippen LogP contribution in [0, 0.1) is 3.57 Å². The fourth-order valence-corrected chi connectivity index (χ4v) is 1.86. The highest BCUT2D eigenvalue weighted by Gasteiger charge is 2.01. The van der Waals surface area contributed by atoms with E-state index in [1.165, 1.54) is 3.57 Å². The van der Waals surface area contributed by atoms with Gasteiger partial charge >= 0.3 is 0 Å². The van der Waals surface area contributed by atoms with E-state index in [2.05, 4.69) is 39.7 Å². The van der Waals surface area contributed by atoms with Crippen LogP contribution in [0.5, 0.6) is 0 Å². The molecule has 0 saturated carbocycles. The predicted molar refractivity (Wildman–Crippen MR) is 64.2 cm³/mol. The lowest BCUT2D eigenvalue weighted by Gasteiger charge is -2.06. The van der Waals surface area contributed by atoms with Crippen molar-refractivity contribution in [3.05, 3.63) is 46.1 Å². The summed E-state index contributed by atoms with van der Waals surface area (Å²) in [5.74, 6) is 0. The van der Waals surface area contributed by atoms with Crippen LogP contribution >= 0.6 is 22.6 Å². The molecule has 0 amide bonds. The summed E-state index contributed by atoms with van der Waals surface area (Å²) >= 11 is 2.29. The Morgan fingerprint density at radius 3 is 3.00 bits per heavy atom. The van der Waals surface area contributed by atoms with Crippen molar-refractivity contribution in [1.82, 2.24) is 9.55 Å². The van der Waals surface area contributed by atoms with E-state index in [0.29, 0.717) is 6.54 Å². The van der Waals surface area contributed by atoms with Gasteiger partial charge in [-0.15, -0.1) is 0 Å². The van der Waals surface area contributed by atoms with Crippen molar-refractivity contribution >= 4 is 22.6 Å². The average molecular weight is 299 g/mol. The maximum absolute atomic E-state index is 5.61. The molecule has 1 heterocycles. The molecule has 2 N–H and O–H groups in total. The van der Waals surface area contributed by atoms with Crippen molar-refractivity contribution in [2.75, 3.05) is 0 Å². The summed E-state index contributed by atoms with van der Waals surface area (Å²) < 4.78 is 3.21. The maximum atomic E-state index is 5.61. The molecule has 4 heteroatoms. The molecule has 1 aromatic carbocycles. The predicted octanol–water partition coefficient (Wildman–Crippen LogP) is 1.94. The number of hydrogen-bond acceptors (Lipinski definition) is 2. The van der Waals surface area contributed by atoms with E-state index >= 15 is 0 Å². The van der Waals surface area contributed by atoms with E-state index in [1.807, 2.05) is 16.7 Å². The highest BCUT2D eigenvalue weighted by atomic mass is 127. The first-order valence-corrected chi connectivity index (χ1v) is 5.36. The van der Waals surface area contributed by atoms with Crippen molar-refractivity contribution in [1.29, 1.82) is 0 Å². The van der Waals surface area contributed by atoms with Gasteiger partial charge in [0.1, 0.15) is 0 Å². The molecule has 2 aromatic rings. The second-order valence-electron chi connectivity index (χ2n) is 2.94. The Balaban J connectivity index is 2.49. The molecule has 0 spiro atoms. The van der Waals surface area contributed by atoms with E-state index in [4.69, 9.17) is 5.73 Å². The fraction of sp³-hybridized carbons (Fsp3) is 0.100. The largest absolute Gasteiger partial charge is 0.325 e. The summed E-state index contributed by atoms with van der Waals surface area (Å²) in [6.45, 7) is 0.505. The van der Waals surface area contributed by atoms with E-state index in [1.54, 1.807) is 12.5 Å². The zero-order chi connectivity index (χ0) is 9.97. The Hall–Kier alpha value is -0.880. The third-order valence-electron chi connectivity index (χ3n) is 2.01. The Morgan fingerprint density at radius 1 is 1.43 bits per heavy atom. The second-order valence-corrected chi connectivity index (χ2v) is 4.18. The number of benzene rings is 1. The molecule has 0 aliphatic carbocycles. The number of rotatable bonds is 2. The molecule has 1 aromatic heterocycles. The van der Waals surface area contributed by atoms with Crippen LogP contribution in [-0.2, 0) is 6.54 Å². The van der Waals surface area contributed by atoms with Gasteiger partial charge < -0.3 is 10.3 Å². The number of aromatic nitrogens is 2. The molecule has 0 saturated heterocycles. The lowest BCUT2D eigenvalue weighted by Crippen LogP contribution is -2.04. The summed E-state index contributed by atoms with van der Waals surface area (Å²) in [5.41, 5.74) is 7.73. The molecule has 0 radical (unpaired) electrons. The first-order chi connectivity index (χ1) is 6.81. The first kappa shape index (κ1) is 9.67. The van der Waals surface area contributed by atoms with Gasteiger partial charge in [0.15, 0.2) is 0 Å². The number of nitrogens with zero attached hydrogens (tertiary/aromatic N) is 2. The smallest absolute Gasteiger partial charge is 0.0994 e. The van der Waals surface area contributed by atoms with Gasteiger partial charge in [-0.05, 0) is 40.8 Å². The Bertz CT molecular complexity index is 436. The molecule has 2 rings (SSSR count). The molecule has 72 valence electrons. The SMILES string of the molecule is NCc1cncn1-c1cccc(I)c1. The fourth-order valence-electron chi connectivity index (χ4n) is 1.33. The van der Waals surface area contributed by atoms with Crippen LogP contribution in [0.1, 0.15) is 5.69 Å². The van der Waals surface area contributed by atoms with Crippen molar-refractivity contribution in [2.45, 2.75) is 6.54 Å². The number of hydrogen-bond donors (Lipinski definition) is 1. The maximum Gasteiger partial charge on any atom is 0.0994 e. The van der Waals surface area contributed by atoms with Gasteiger partial charge in [0, 0.05) is 22.0 Å². The molecule has 0 bridgehead atoms. The zero-order valence-electron chi connectivity index (χ0n) is 7.52. The minimum atomic E-state index is 0.505. The van der Waals surface area contributed by atoms with Crippen LogP contribution in [-0.4, -0.2) is 9.55 Å². The third-order valence-corrected chi connectivity index (χ3v) is 2.68. The summed E-state index contributed by atoms with van der Waals surface area (Å²) in [6.07, 6.45) is 3.58. The summed E-state index contributed by atoms with van der Waals surface area (Å²) in [6, 6.07) is 8.23. The van der Waals surface area contributed by atoms with Gasteiger partial charge in [-0.1, -0.05) is 6.07 Å². The Labute approximate surface area is 96.1 Å². The van der Waals surface area contributed by atoms with Crippen molar-refractivity contribution < 1.29 is 0 Å². The van der Waals surface area contributed by atoms with Gasteiger partial charge in [-0.2, -0.15) is 0 Å². The van der Waals surface area contributed by atoms with Crippen LogP contribution < -0.4 is 5.73 Å². The zero-order valence-corrected chi connectivity index (χ0v) is 9.68. The second kappa shape index (κ2) is 4.10. The van der Waals surface area contributed by atoms with Crippen LogP contribution in [0.15, 0.2) is 36.8 Å². The van der Waals surface area contributed by atoms with E-state index in [0.717, 1.165) is 11.4 Å². The van der Waals surface area contributed by atoms with Gasteiger partial charge in [-0.25, -0.2) is 4.98 Å². The number of halogens is 1. The average Bonchev–Trinajstić information content (AvgIpc) is 2.65. The Kier molecular flexibility index (Phi) is 2.83. The standard InChI is InChI=1S/C10H10IN3/c11-8-2-1-3-9(4-8)14-7-13-6-10(14)5-12/h1-4,6-7H,5,12H2. The van der Waals surface area contributed by atoms with Gasteiger partial charge in [0.05, 0.1) is 12.0 Å². The molecule has 14 heavy (non-hydrogen) atoms.